The van der Waals surface area contributed by atoms with Crippen molar-refractivity contribution >= 4 is 23.9 Å². The van der Waals surface area contributed by atoms with E-state index >= 15 is 0 Å². The van der Waals surface area contributed by atoms with Crippen molar-refractivity contribution in [2.24, 2.45) is 5.41 Å². The molecule has 0 aliphatic heterocycles. The summed E-state index contributed by atoms with van der Waals surface area (Å²) in [5.41, 5.74) is -0.246. The third-order valence-electron chi connectivity index (χ3n) is 3.48. The van der Waals surface area contributed by atoms with E-state index in [1.807, 2.05) is 30.3 Å². The summed E-state index contributed by atoms with van der Waals surface area (Å²) >= 11 is 0. The van der Waals surface area contributed by atoms with E-state index in [2.05, 4.69) is 4.74 Å². The molecule has 0 aromatic heterocycles. The number of benzene rings is 1. The standard InChI is InChI=1S/C19H24O8/c1-19(2,12-17(22)27-13-14-7-5-4-6-8-14)18(23)26-10-9-25-16(21)11-15(20)24-3/h4-8H,9-13H2,1-3H3. The van der Waals surface area contributed by atoms with Gasteiger partial charge in [0.15, 0.2) is 0 Å². The molecule has 0 saturated heterocycles. The molecule has 0 radical (unpaired) electrons. The topological polar surface area (TPSA) is 105 Å². The lowest BCUT2D eigenvalue weighted by molar-refractivity contribution is -0.164. The van der Waals surface area contributed by atoms with Gasteiger partial charge in [-0.1, -0.05) is 30.3 Å². The van der Waals surface area contributed by atoms with Gasteiger partial charge >= 0.3 is 23.9 Å². The fraction of sp³-hybridized carbons (Fsp3) is 0.474. The predicted molar refractivity (Wildman–Crippen MR) is 93.2 cm³/mol. The van der Waals surface area contributed by atoms with Gasteiger partial charge in [-0.15, -0.1) is 0 Å². The van der Waals surface area contributed by atoms with Gasteiger partial charge < -0.3 is 18.9 Å². The minimum absolute atomic E-state index is 0.126. The van der Waals surface area contributed by atoms with Crippen LogP contribution in [0.1, 0.15) is 32.3 Å². The smallest absolute Gasteiger partial charge is 0.317 e. The van der Waals surface area contributed by atoms with E-state index in [0.29, 0.717) is 0 Å². The number of carbonyl (C=O) groups excluding carboxylic acids is 4. The second-order valence-electron chi connectivity index (χ2n) is 6.32. The Morgan fingerprint density at radius 2 is 1.48 bits per heavy atom. The summed E-state index contributed by atoms with van der Waals surface area (Å²) in [6, 6.07) is 9.18. The molecule has 0 amide bonds. The Bertz CT molecular complexity index is 651. The van der Waals surface area contributed by atoms with Crippen LogP contribution in [0.3, 0.4) is 0 Å². The third kappa shape index (κ3) is 8.84. The van der Waals surface area contributed by atoms with Crippen molar-refractivity contribution in [2.75, 3.05) is 20.3 Å². The van der Waals surface area contributed by atoms with Gasteiger partial charge in [0.1, 0.15) is 26.2 Å². The average Bonchev–Trinajstić information content (AvgIpc) is 2.63. The highest BCUT2D eigenvalue weighted by Crippen LogP contribution is 2.23. The van der Waals surface area contributed by atoms with Crippen LogP contribution in [-0.4, -0.2) is 44.2 Å². The van der Waals surface area contributed by atoms with E-state index < -0.39 is 35.7 Å². The number of ether oxygens (including phenoxy) is 4. The summed E-state index contributed by atoms with van der Waals surface area (Å²) in [6.07, 6.45) is -0.663. The Kier molecular flexibility index (Phi) is 8.98. The maximum atomic E-state index is 12.1. The molecule has 0 bridgehead atoms. The van der Waals surface area contributed by atoms with E-state index in [1.54, 1.807) is 13.8 Å². The highest BCUT2D eigenvalue weighted by Gasteiger charge is 2.33. The van der Waals surface area contributed by atoms with Crippen LogP contribution in [0.25, 0.3) is 0 Å². The SMILES string of the molecule is COC(=O)CC(=O)OCCOC(=O)C(C)(C)CC(=O)OCc1ccccc1. The molecule has 148 valence electrons. The molecular weight excluding hydrogens is 356 g/mol. The van der Waals surface area contributed by atoms with Crippen molar-refractivity contribution in [1.29, 1.82) is 0 Å². The Morgan fingerprint density at radius 3 is 2.11 bits per heavy atom. The van der Waals surface area contributed by atoms with Gasteiger partial charge in [0, 0.05) is 0 Å². The number of carbonyl (C=O) groups is 4. The second-order valence-corrected chi connectivity index (χ2v) is 6.32. The molecule has 27 heavy (non-hydrogen) atoms. The zero-order chi connectivity index (χ0) is 20.3. The van der Waals surface area contributed by atoms with Crippen molar-refractivity contribution in [3.05, 3.63) is 35.9 Å². The van der Waals surface area contributed by atoms with E-state index in [1.165, 1.54) is 0 Å². The summed E-state index contributed by atoms with van der Waals surface area (Å²) in [5.74, 6) is -2.64. The molecule has 1 aromatic carbocycles. The maximum Gasteiger partial charge on any atom is 0.317 e. The second kappa shape index (κ2) is 10.9. The van der Waals surface area contributed by atoms with E-state index in [0.717, 1.165) is 12.7 Å². The van der Waals surface area contributed by atoms with Crippen molar-refractivity contribution < 1.29 is 38.1 Å². The van der Waals surface area contributed by atoms with Crippen LogP contribution in [0.4, 0.5) is 0 Å². The van der Waals surface area contributed by atoms with Crippen LogP contribution in [0.5, 0.6) is 0 Å². The van der Waals surface area contributed by atoms with Crippen molar-refractivity contribution in [2.45, 2.75) is 33.3 Å². The lowest BCUT2D eigenvalue weighted by Gasteiger charge is -2.21. The normalized spacial score (nSPS) is 10.6. The van der Waals surface area contributed by atoms with Crippen LogP contribution in [0.15, 0.2) is 30.3 Å². The van der Waals surface area contributed by atoms with Gasteiger partial charge in [0.2, 0.25) is 0 Å². The lowest BCUT2D eigenvalue weighted by atomic mass is 9.89. The molecule has 0 saturated carbocycles. The highest BCUT2D eigenvalue weighted by atomic mass is 16.6. The largest absolute Gasteiger partial charge is 0.469 e. The van der Waals surface area contributed by atoms with Gasteiger partial charge in [-0.2, -0.15) is 0 Å². The first kappa shape index (κ1) is 22.1. The number of esters is 4. The number of hydrogen-bond donors (Lipinski definition) is 0. The Hall–Kier alpha value is -2.90. The first-order valence-electron chi connectivity index (χ1n) is 8.34. The van der Waals surface area contributed by atoms with Crippen LogP contribution in [0.2, 0.25) is 0 Å². The molecule has 1 aromatic rings. The van der Waals surface area contributed by atoms with Crippen molar-refractivity contribution in [3.8, 4) is 0 Å². The van der Waals surface area contributed by atoms with Gasteiger partial charge in [0.05, 0.1) is 18.9 Å². The molecule has 0 aliphatic rings. The monoisotopic (exact) mass is 380 g/mol. The van der Waals surface area contributed by atoms with Crippen LogP contribution < -0.4 is 0 Å². The quantitative estimate of drug-likeness (QED) is 0.262. The molecular formula is C19H24O8. The highest BCUT2D eigenvalue weighted by molar-refractivity contribution is 5.91. The van der Waals surface area contributed by atoms with Gasteiger partial charge in [-0.3, -0.25) is 19.2 Å². The summed E-state index contributed by atoms with van der Waals surface area (Å²) in [4.78, 5) is 46.2. The third-order valence-corrected chi connectivity index (χ3v) is 3.48. The Balaban J connectivity index is 2.30. The van der Waals surface area contributed by atoms with E-state index in [9.17, 15) is 19.2 Å². The molecule has 0 heterocycles. The molecule has 8 heteroatoms. The fourth-order valence-electron chi connectivity index (χ4n) is 1.95. The zero-order valence-corrected chi connectivity index (χ0v) is 15.7. The molecule has 0 atom stereocenters. The minimum Gasteiger partial charge on any atom is -0.469 e. The Labute approximate surface area is 157 Å². The van der Waals surface area contributed by atoms with Gasteiger partial charge in [-0.05, 0) is 19.4 Å². The summed E-state index contributed by atoms with van der Waals surface area (Å²) in [6.45, 7) is 2.86. The molecule has 8 nitrogen and oxygen atoms in total. The molecule has 0 unspecified atom stereocenters. The maximum absolute atomic E-state index is 12.1. The van der Waals surface area contributed by atoms with Crippen LogP contribution in [0, 0.1) is 5.41 Å². The first-order chi connectivity index (χ1) is 12.7. The molecule has 0 aliphatic carbocycles. The van der Waals surface area contributed by atoms with Gasteiger partial charge in [-0.25, -0.2) is 0 Å². The van der Waals surface area contributed by atoms with Gasteiger partial charge in [0.25, 0.3) is 0 Å². The summed E-state index contributed by atoms with van der Waals surface area (Å²) in [7, 11) is 1.16. The zero-order valence-electron chi connectivity index (χ0n) is 15.7. The Morgan fingerprint density at radius 1 is 0.852 bits per heavy atom. The lowest BCUT2D eigenvalue weighted by Crippen LogP contribution is -2.31. The van der Waals surface area contributed by atoms with Crippen LogP contribution in [-0.2, 0) is 44.7 Å². The molecule has 0 spiro atoms. The van der Waals surface area contributed by atoms with Crippen LogP contribution >= 0.6 is 0 Å². The summed E-state index contributed by atoms with van der Waals surface area (Å²) in [5, 5.41) is 0. The fourth-order valence-corrected chi connectivity index (χ4v) is 1.95. The number of rotatable bonds is 10. The molecule has 0 N–H and O–H groups in total. The van der Waals surface area contributed by atoms with Crippen molar-refractivity contribution in [3.63, 3.8) is 0 Å². The van der Waals surface area contributed by atoms with Crippen molar-refractivity contribution in [1.82, 2.24) is 0 Å². The predicted octanol–water partition coefficient (Wildman–Crippen LogP) is 1.80. The molecule has 1 rings (SSSR count). The average molecular weight is 380 g/mol. The number of methoxy groups -OCH3 is 1. The van der Waals surface area contributed by atoms with E-state index in [4.69, 9.17) is 14.2 Å². The minimum atomic E-state index is -1.09. The first-order valence-corrected chi connectivity index (χ1v) is 8.34. The summed E-state index contributed by atoms with van der Waals surface area (Å²) < 4.78 is 19.2. The number of hydrogen-bond acceptors (Lipinski definition) is 8. The van der Waals surface area contributed by atoms with E-state index in [-0.39, 0.29) is 26.2 Å². The molecule has 0 fully saturated rings.